The fourth-order valence-electron chi connectivity index (χ4n) is 3.24. The van der Waals surface area contributed by atoms with E-state index in [4.69, 9.17) is 15.2 Å². The van der Waals surface area contributed by atoms with Crippen LogP contribution in [0.2, 0.25) is 0 Å². The third kappa shape index (κ3) is 2.77. The summed E-state index contributed by atoms with van der Waals surface area (Å²) in [5, 5.41) is 0. The highest BCUT2D eigenvalue weighted by Crippen LogP contribution is 2.40. The molecule has 1 saturated heterocycles. The first kappa shape index (κ1) is 12.9. The first-order valence-electron chi connectivity index (χ1n) is 7.41. The summed E-state index contributed by atoms with van der Waals surface area (Å²) in [6.45, 7) is 1.56. The van der Waals surface area contributed by atoms with Crippen LogP contribution in [-0.2, 0) is 10.3 Å². The van der Waals surface area contributed by atoms with E-state index in [0.717, 1.165) is 38.0 Å². The first-order chi connectivity index (χ1) is 9.28. The van der Waals surface area contributed by atoms with E-state index < -0.39 is 0 Å². The molecule has 0 aromatic heterocycles. The van der Waals surface area contributed by atoms with Gasteiger partial charge in [-0.25, -0.2) is 0 Å². The maximum atomic E-state index is 6.58. The van der Waals surface area contributed by atoms with Gasteiger partial charge in [-0.2, -0.15) is 0 Å². The topological polar surface area (TPSA) is 44.5 Å². The molecule has 0 radical (unpaired) electrons. The molecule has 104 valence electrons. The van der Waals surface area contributed by atoms with Crippen LogP contribution in [0.4, 0.5) is 0 Å². The second-order valence-electron chi connectivity index (χ2n) is 5.82. The zero-order valence-electron chi connectivity index (χ0n) is 11.4. The van der Waals surface area contributed by atoms with E-state index >= 15 is 0 Å². The Hall–Kier alpha value is -1.06. The molecule has 3 nitrogen and oxygen atoms in total. The van der Waals surface area contributed by atoms with E-state index in [2.05, 4.69) is 18.2 Å². The van der Waals surface area contributed by atoms with Crippen molar-refractivity contribution in [3.05, 3.63) is 29.8 Å². The summed E-state index contributed by atoms with van der Waals surface area (Å²) < 4.78 is 11.6. The molecule has 0 spiro atoms. The van der Waals surface area contributed by atoms with E-state index in [1.807, 2.05) is 6.07 Å². The van der Waals surface area contributed by atoms with Gasteiger partial charge < -0.3 is 15.2 Å². The number of hydrogen-bond acceptors (Lipinski definition) is 3. The normalized spacial score (nSPS) is 26.3. The molecule has 3 rings (SSSR count). The van der Waals surface area contributed by atoms with Crippen molar-refractivity contribution >= 4 is 0 Å². The van der Waals surface area contributed by atoms with Crippen LogP contribution in [-0.4, -0.2) is 19.3 Å². The zero-order valence-corrected chi connectivity index (χ0v) is 11.4. The van der Waals surface area contributed by atoms with Gasteiger partial charge in [-0.3, -0.25) is 0 Å². The van der Waals surface area contributed by atoms with Gasteiger partial charge in [0.25, 0.3) is 0 Å². The molecule has 1 atom stereocenters. The van der Waals surface area contributed by atoms with Gasteiger partial charge in [-0.1, -0.05) is 31.0 Å². The number of rotatable bonds is 3. The van der Waals surface area contributed by atoms with Crippen LogP contribution < -0.4 is 10.5 Å². The molecular formula is C16H23NO2. The number of hydrogen-bond donors (Lipinski definition) is 1. The Morgan fingerprint density at radius 1 is 1.16 bits per heavy atom. The quantitative estimate of drug-likeness (QED) is 0.909. The highest BCUT2D eigenvalue weighted by molar-refractivity contribution is 5.39. The molecule has 1 aromatic rings. The summed E-state index contributed by atoms with van der Waals surface area (Å²) in [6, 6.07) is 8.27. The van der Waals surface area contributed by atoms with Crippen molar-refractivity contribution in [2.45, 2.75) is 50.2 Å². The van der Waals surface area contributed by atoms with Gasteiger partial charge in [-0.05, 0) is 31.7 Å². The van der Waals surface area contributed by atoms with Gasteiger partial charge in [0.15, 0.2) is 0 Å². The summed E-state index contributed by atoms with van der Waals surface area (Å²) in [7, 11) is 0. The molecule has 1 aromatic carbocycles. The van der Waals surface area contributed by atoms with E-state index in [-0.39, 0.29) is 11.6 Å². The average molecular weight is 261 g/mol. The number of para-hydroxylation sites is 1. The molecule has 2 fully saturated rings. The van der Waals surface area contributed by atoms with Crippen molar-refractivity contribution in [3.8, 4) is 5.75 Å². The molecule has 19 heavy (non-hydrogen) atoms. The van der Waals surface area contributed by atoms with E-state index in [9.17, 15) is 0 Å². The molecule has 2 N–H and O–H groups in total. The summed E-state index contributed by atoms with van der Waals surface area (Å²) in [5.74, 6) is 0.961. The summed E-state index contributed by atoms with van der Waals surface area (Å²) in [6.07, 6.45) is 6.91. The van der Waals surface area contributed by atoms with Crippen LogP contribution in [0, 0.1) is 0 Å². The zero-order chi connectivity index (χ0) is 13.1. The lowest BCUT2D eigenvalue weighted by molar-refractivity contribution is 0.00657. The molecule has 1 aliphatic heterocycles. The maximum Gasteiger partial charge on any atom is 0.124 e. The minimum atomic E-state index is -0.188. The smallest absolute Gasteiger partial charge is 0.124 e. The van der Waals surface area contributed by atoms with Crippen molar-refractivity contribution in [1.82, 2.24) is 0 Å². The average Bonchev–Trinajstić information content (AvgIpc) is 2.88. The second-order valence-corrected chi connectivity index (χ2v) is 5.82. The molecule has 1 aliphatic carbocycles. The Balaban J connectivity index is 1.80. The van der Waals surface area contributed by atoms with Gasteiger partial charge in [0, 0.05) is 17.7 Å². The van der Waals surface area contributed by atoms with Crippen LogP contribution in [0.3, 0.4) is 0 Å². The Morgan fingerprint density at radius 3 is 2.68 bits per heavy atom. The molecule has 1 heterocycles. The lowest BCUT2D eigenvalue weighted by Crippen LogP contribution is -2.35. The monoisotopic (exact) mass is 261 g/mol. The van der Waals surface area contributed by atoms with Crippen LogP contribution in [0.15, 0.2) is 24.3 Å². The van der Waals surface area contributed by atoms with E-state index in [1.54, 1.807) is 0 Å². The van der Waals surface area contributed by atoms with Crippen LogP contribution in [0.1, 0.15) is 44.1 Å². The van der Waals surface area contributed by atoms with E-state index in [0.29, 0.717) is 6.61 Å². The van der Waals surface area contributed by atoms with Crippen molar-refractivity contribution in [3.63, 3.8) is 0 Å². The molecule has 1 unspecified atom stereocenters. The fraction of sp³-hybridized carbons (Fsp3) is 0.625. The molecular weight excluding hydrogens is 238 g/mol. The lowest BCUT2D eigenvalue weighted by Gasteiger charge is -2.30. The standard InChI is InChI=1S/C16H23NO2/c17-16(9-3-4-10-16)14-7-1-2-8-15(14)19-13-6-5-11-18-12-13/h1-2,7-8,13H,3-6,9-12,17H2. The van der Waals surface area contributed by atoms with Crippen LogP contribution in [0.25, 0.3) is 0 Å². The van der Waals surface area contributed by atoms with Crippen LogP contribution >= 0.6 is 0 Å². The number of nitrogens with two attached hydrogens (primary N) is 1. The minimum absolute atomic E-state index is 0.180. The predicted octanol–water partition coefficient (Wildman–Crippen LogP) is 2.97. The predicted molar refractivity (Wildman–Crippen MR) is 75.2 cm³/mol. The SMILES string of the molecule is NC1(c2ccccc2OC2CCCOC2)CCCC1. The van der Waals surface area contributed by atoms with Crippen molar-refractivity contribution in [2.75, 3.05) is 13.2 Å². The minimum Gasteiger partial charge on any atom is -0.488 e. The third-order valence-electron chi connectivity index (χ3n) is 4.33. The van der Waals surface area contributed by atoms with Crippen molar-refractivity contribution in [1.29, 1.82) is 0 Å². The lowest BCUT2D eigenvalue weighted by atomic mass is 9.88. The van der Waals surface area contributed by atoms with Crippen LogP contribution in [0.5, 0.6) is 5.75 Å². The highest BCUT2D eigenvalue weighted by atomic mass is 16.5. The fourth-order valence-corrected chi connectivity index (χ4v) is 3.24. The van der Waals surface area contributed by atoms with E-state index in [1.165, 1.54) is 18.4 Å². The Bertz CT molecular complexity index is 421. The van der Waals surface area contributed by atoms with Gasteiger partial charge in [-0.15, -0.1) is 0 Å². The first-order valence-corrected chi connectivity index (χ1v) is 7.41. The third-order valence-corrected chi connectivity index (χ3v) is 4.33. The van der Waals surface area contributed by atoms with Gasteiger partial charge in [0.05, 0.1) is 6.61 Å². The Labute approximate surface area is 115 Å². The number of ether oxygens (including phenoxy) is 2. The summed E-state index contributed by atoms with van der Waals surface area (Å²) in [5.41, 5.74) is 7.57. The number of benzene rings is 1. The molecule has 0 amide bonds. The Morgan fingerprint density at radius 2 is 1.95 bits per heavy atom. The molecule has 2 aliphatic rings. The summed E-state index contributed by atoms with van der Waals surface area (Å²) in [4.78, 5) is 0. The second kappa shape index (κ2) is 5.51. The van der Waals surface area contributed by atoms with Gasteiger partial charge in [0.1, 0.15) is 11.9 Å². The highest BCUT2D eigenvalue weighted by Gasteiger charge is 2.34. The largest absolute Gasteiger partial charge is 0.488 e. The Kier molecular flexibility index (Phi) is 3.76. The van der Waals surface area contributed by atoms with Crippen molar-refractivity contribution < 1.29 is 9.47 Å². The maximum absolute atomic E-state index is 6.58. The molecule has 3 heteroatoms. The molecule has 0 bridgehead atoms. The van der Waals surface area contributed by atoms with Gasteiger partial charge >= 0.3 is 0 Å². The van der Waals surface area contributed by atoms with Gasteiger partial charge in [0.2, 0.25) is 0 Å². The summed E-state index contributed by atoms with van der Waals surface area (Å²) >= 11 is 0. The molecule has 1 saturated carbocycles. The van der Waals surface area contributed by atoms with Crippen molar-refractivity contribution in [2.24, 2.45) is 5.73 Å².